The summed E-state index contributed by atoms with van der Waals surface area (Å²) in [5.41, 5.74) is 1.16. The predicted molar refractivity (Wildman–Crippen MR) is 58.0 cm³/mol. The third-order valence-corrected chi connectivity index (χ3v) is 2.43. The molecule has 1 aromatic rings. The van der Waals surface area contributed by atoms with Gasteiger partial charge in [0, 0.05) is 12.4 Å². The van der Waals surface area contributed by atoms with E-state index in [0.717, 1.165) is 12.8 Å². The summed E-state index contributed by atoms with van der Waals surface area (Å²) in [5.74, 6) is 0. The van der Waals surface area contributed by atoms with E-state index in [1.165, 1.54) is 5.56 Å². The van der Waals surface area contributed by atoms with Gasteiger partial charge in [-0.2, -0.15) is 0 Å². The molecular formula is C12H19NO. The molecule has 0 fully saturated rings. The summed E-state index contributed by atoms with van der Waals surface area (Å²) in [6.07, 6.45) is 5.07. The third kappa shape index (κ3) is 3.46. The Morgan fingerprint density at radius 3 is 2.64 bits per heavy atom. The average Bonchev–Trinajstić information content (AvgIpc) is 2.14. The van der Waals surface area contributed by atoms with Crippen molar-refractivity contribution in [2.24, 2.45) is 5.41 Å². The summed E-state index contributed by atoms with van der Waals surface area (Å²) >= 11 is 0. The van der Waals surface area contributed by atoms with Crippen LogP contribution in [0.1, 0.15) is 32.8 Å². The van der Waals surface area contributed by atoms with Crippen LogP contribution in [0.3, 0.4) is 0 Å². The van der Waals surface area contributed by atoms with Gasteiger partial charge in [0.1, 0.15) is 0 Å². The zero-order valence-corrected chi connectivity index (χ0v) is 9.20. The fourth-order valence-corrected chi connectivity index (χ4v) is 1.28. The van der Waals surface area contributed by atoms with Gasteiger partial charge in [0.15, 0.2) is 0 Å². The summed E-state index contributed by atoms with van der Waals surface area (Å²) in [6.45, 7) is 6.17. The van der Waals surface area contributed by atoms with Gasteiger partial charge in [-0.05, 0) is 29.9 Å². The van der Waals surface area contributed by atoms with Crippen LogP contribution < -0.4 is 0 Å². The molecule has 78 valence electrons. The number of aryl methyl sites for hydroxylation is 1. The van der Waals surface area contributed by atoms with Gasteiger partial charge in [-0.25, -0.2) is 0 Å². The highest BCUT2D eigenvalue weighted by Gasteiger charge is 2.21. The maximum Gasteiger partial charge on any atom is 0.0591 e. The second-order valence-electron chi connectivity index (χ2n) is 4.78. The minimum Gasteiger partial charge on any atom is -0.393 e. The lowest BCUT2D eigenvalue weighted by Gasteiger charge is -2.25. The molecule has 0 aromatic carbocycles. The fourth-order valence-electron chi connectivity index (χ4n) is 1.28. The van der Waals surface area contributed by atoms with Crippen molar-refractivity contribution < 1.29 is 5.11 Å². The first-order valence-electron chi connectivity index (χ1n) is 5.07. The minimum atomic E-state index is -0.247. The smallest absolute Gasteiger partial charge is 0.0591 e. The lowest BCUT2D eigenvalue weighted by atomic mass is 9.86. The number of pyridine rings is 1. The highest BCUT2D eigenvalue weighted by Crippen LogP contribution is 2.22. The molecule has 0 aliphatic rings. The first-order chi connectivity index (χ1) is 6.50. The molecule has 1 N–H and O–H groups in total. The quantitative estimate of drug-likeness (QED) is 0.799. The first kappa shape index (κ1) is 11.2. The highest BCUT2D eigenvalue weighted by molar-refractivity contribution is 5.08. The van der Waals surface area contributed by atoms with Crippen LogP contribution in [-0.4, -0.2) is 16.2 Å². The van der Waals surface area contributed by atoms with Gasteiger partial charge in [0.2, 0.25) is 0 Å². The van der Waals surface area contributed by atoms with Crippen molar-refractivity contribution in [1.82, 2.24) is 4.98 Å². The molecule has 14 heavy (non-hydrogen) atoms. The normalized spacial score (nSPS) is 14.0. The Bertz CT molecular complexity index is 263. The van der Waals surface area contributed by atoms with Crippen LogP contribution in [0, 0.1) is 5.41 Å². The fraction of sp³-hybridized carbons (Fsp3) is 0.583. The van der Waals surface area contributed by atoms with E-state index in [1.54, 1.807) is 6.20 Å². The number of aromatic nitrogens is 1. The van der Waals surface area contributed by atoms with E-state index in [1.807, 2.05) is 18.3 Å². The average molecular weight is 193 g/mol. The van der Waals surface area contributed by atoms with Crippen LogP contribution >= 0.6 is 0 Å². The number of hydrogen-bond acceptors (Lipinski definition) is 2. The number of nitrogens with zero attached hydrogens (tertiary/aromatic N) is 1. The molecule has 0 aliphatic carbocycles. The molecule has 1 unspecified atom stereocenters. The van der Waals surface area contributed by atoms with Crippen molar-refractivity contribution in [1.29, 1.82) is 0 Å². The van der Waals surface area contributed by atoms with Crippen LogP contribution in [0.25, 0.3) is 0 Å². The molecule has 0 saturated carbocycles. The zero-order valence-electron chi connectivity index (χ0n) is 9.20. The molecule has 0 amide bonds. The molecule has 2 heteroatoms. The summed E-state index contributed by atoms with van der Waals surface area (Å²) in [7, 11) is 0. The van der Waals surface area contributed by atoms with E-state index in [-0.39, 0.29) is 11.5 Å². The Hall–Kier alpha value is -0.890. The Kier molecular flexibility index (Phi) is 3.64. The van der Waals surface area contributed by atoms with E-state index in [4.69, 9.17) is 0 Å². The predicted octanol–water partition coefficient (Wildman–Crippen LogP) is 2.42. The lowest BCUT2D eigenvalue weighted by molar-refractivity contribution is 0.0560. The van der Waals surface area contributed by atoms with Gasteiger partial charge < -0.3 is 5.11 Å². The van der Waals surface area contributed by atoms with Crippen molar-refractivity contribution in [3.8, 4) is 0 Å². The third-order valence-electron chi connectivity index (χ3n) is 2.43. The Balaban J connectivity index is 2.42. The number of aliphatic hydroxyl groups is 1. The van der Waals surface area contributed by atoms with Crippen molar-refractivity contribution in [3.63, 3.8) is 0 Å². The van der Waals surface area contributed by atoms with Crippen LogP contribution in [0.15, 0.2) is 24.5 Å². The van der Waals surface area contributed by atoms with E-state index < -0.39 is 0 Å². The number of rotatable bonds is 3. The van der Waals surface area contributed by atoms with E-state index in [2.05, 4.69) is 25.8 Å². The highest BCUT2D eigenvalue weighted by atomic mass is 16.3. The van der Waals surface area contributed by atoms with E-state index >= 15 is 0 Å². The monoisotopic (exact) mass is 193 g/mol. The van der Waals surface area contributed by atoms with Crippen molar-refractivity contribution >= 4 is 0 Å². The van der Waals surface area contributed by atoms with Gasteiger partial charge >= 0.3 is 0 Å². The van der Waals surface area contributed by atoms with Gasteiger partial charge in [0.25, 0.3) is 0 Å². The van der Waals surface area contributed by atoms with Crippen molar-refractivity contribution in [2.45, 2.75) is 39.7 Å². The summed E-state index contributed by atoms with van der Waals surface area (Å²) < 4.78 is 0. The SMILES string of the molecule is CC(C)(C)C(O)CCc1cccnc1. The zero-order chi connectivity index (χ0) is 10.6. The molecule has 0 aliphatic heterocycles. The summed E-state index contributed by atoms with van der Waals surface area (Å²) in [5, 5.41) is 9.83. The Morgan fingerprint density at radius 1 is 1.43 bits per heavy atom. The van der Waals surface area contributed by atoms with Crippen LogP contribution in [0.5, 0.6) is 0 Å². The van der Waals surface area contributed by atoms with Gasteiger partial charge in [0.05, 0.1) is 6.10 Å². The summed E-state index contributed by atoms with van der Waals surface area (Å²) in [4.78, 5) is 4.04. The maximum atomic E-state index is 9.83. The van der Waals surface area contributed by atoms with Crippen molar-refractivity contribution in [2.75, 3.05) is 0 Å². The van der Waals surface area contributed by atoms with Crippen LogP contribution in [-0.2, 0) is 6.42 Å². The second kappa shape index (κ2) is 4.56. The molecule has 1 heterocycles. The first-order valence-corrected chi connectivity index (χ1v) is 5.07. The standard InChI is InChI=1S/C12H19NO/c1-12(2,3)11(14)7-6-10-5-4-8-13-9-10/h4-5,8-9,11,14H,6-7H2,1-3H3. The summed E-state index contributed by atoms with van der Waals surface area (Å²) in [6, 6.07) is 3.97. The topological polar surface area (TPSA) is 33.1 Å². The van der Waals surface area contributed by atoms with Crippen LogP contribution in [0.2, 0.25) is 0 Å². The van der Waals surface area contributed by atoms with E-state index in [9.17, 15) is 5.11 Å². The molecule has 0 spiro atoms. The molecule has 0 saturated heterocycles. The van der Waals surface area contributed by atoms with Crippen molar-refractivity contribution in [3.05, 3.63) is 30.1 Å². The molecule has 0 radical (unpaired) electrons. The lowest BCUT2D eigenvalue weighted by Crippen LogP contribution is -2.26. The molecule has 1 aromatic heterocycles. The molecule has 1 rings (SSSR count). The number of aliphatic hydroxyl groups excluding tert-OH is 1. The Morgan fingerprint density at radius 2 is 2.14 bits per heavy atom. The van der Waals surface area contributed by atoms with Crippen LogP contribution in [0.4, 0.5) is 0 Å². The van der Waals surface area contributed by atoms with Gasteiger partial charge in [-0.3, -0.25) is 4.98 Å². The molecule has 0 bridgehead atoms. The number of hydrogen-bond donors (Lipinski definition) is 1. The Labute approximate surface area is 86.0 Å². The van der Waals surface area contributed by atoms with E-state index in [0.29, 0.717) is 0 Å². The maximum absolute atomic E-state index is 9.83. The van der Waals surface area contributed by atoms with Gasteiger partial charge in [-0.1, -0.05) is 26.8 Å². The minimum absolute atomic E-state index is 0.0256. The molecule has 2 nitrogen and oxygen atoms in total. The largest absolute Gasteiger partial charge is 0.393 e. The molecule has 1 atom stereocenters. The van der Waals surface area contributed by atoms with Gasteiger partial charge in [-0.15, -0.1) is 0 Å². The second-order valence-corrected chi connectivity index (χ2v) is 4.78. The molecular weight excluding hydrogens is 174 g/mol.